The Balaban J connectivity index is 0.000000749. The number of aliphatic hydroxyl groups is 2. The molecule has 3 rings (SSSR count). The lowest BCUT2D eigenvalue weighted by molar-refractivity contribution is 0.00812. The maximum absolute atomic E-state index is 9.92. The van der Waals surface area contributed by atoms with Crippen LogP contribution in [0.5, 0.6) is 0 Å². The minimum absolute atomic E-state index is 0.112. The lowest BCUT2D eigenvalue weighted by Gasteiger charge is -2.45. The molecule has 2 unspecified atom stereocenters. The molecule has 0 aliphatic heterocycles. The molecular formula is C56H99N3O2. The highest BCUT2D eigenvalue weighted by Crippen LogP contribution is 2.28. The lowest BCUT2D eigenvalue weighted by atomic mass is 9.87. The number of aromatic nitrogens is 1. The van der Waals surface area contributed by atoms with Crippen LogP contribution in [0.25, 0.3) is 21.8 Å². The van der Waals surface area contributed by atoms with Gasteiger partial charge >= 0.3 is 0 Å². The molecule has 0 radical (unpaired) electrons. The fourth-order valence-electron chi connectivity index (χ4n) is 9.29. The van der Waals surface area contributed by atoms with E-state index in [1.165, 1.54) is 216 Å². The van der Waals surface area contributed by atoms with Gasteiger partial charge in [-0.25, -0.2) is 4.98 Å². The van der Waals surface area contributed by atoms with Gasteiger partial charge in [0.05, 0.1) is 16.7 Å². The number of fused-ring (bicyclic) bond motifs is 2. The summed E-state index contributed by atoms with van der Waals surface area (Å²) in [6.07, 6.45) is 45.7. The molecule has 0 fully saturated rings. The highest BCUT2D eigenvalue weighted by atomic mass is 16.3. The molecule has 0 saturated heterocycles. The third kappa shape index (κ3) is 26.4. The molecule has 1 aromatic heterocycles. The first kappa shape index (κ1) is 55.1. The van der Waals surface area contributed by atoms with Crippen molar-refractivity contribution >= 4 is 21.8 Å². The number of hydrogen-bond donors (Lipinski definition) is 3. The number of rotatable bonds is 40. The van der Waals surface area contributed by atoms with Crippen LogP contribution >= 0.6 is 0 Å². The van der Waals surface area contributed by atoms with Crippen LogP contribution in [0.1, 0.15) is 239 Å². The smallest absolute Gasteiger partial charge is 0.0736 e. The van der Waals surface area contributed by atoms with E-state index in [-0.39, 0.29) is 19.1 Å². The minimum atomic E-state index is -0.525. The third-order valence-electron chi connectivity index (χ3n) is 13.5. The quantitative estimate of drug-likeness (QED) is 0.0302. The van der Waals surface area contributed by atoms with E-state index in [4.69, 9.17) is 5.73 Å². The highest BCUT2D eigenvalue weighted by Gasteiger charge is 2.36. The van der Waals surface area contributed by atoms with Crippen molar-refractivity contribution < 1.29 is 10.2 Å². The molecule has 61 heavy (non-hydrogen) atoms. The molecule has 0 amide bonds. The van der Waals surface area contributed by atoms with Gasteiger partial charge in [0.25, 0.3) is 0 Å². The van der Waals surface area contributed by atoms with Crippen LogP contribution in [0.2, 0.25) is 0 Å². The van der Waals surface area contributed by atoms with Gasteiger partial charge in [0, 0.05) is 30.4 Å². The molecule has 1 heterocycles. The normalized spacial score (nSPS) is 13.2. The zero-order valence-electron chi connectivity index (χ0n) is 40.5. The Bertz CT molecular complexity index is 1260. The van der Waals surface area contributed by atoms with E-state index >= 15 is 0 Å². The molecule has 0 aliphatic carbocycles. The summed E-state index contributed by atoms with van der Waals surface area (Å²) in [5.41, 5.74) is 8.67. The number of pyridine rings is 1. The molecule has 350 valence electrons. The summed E-state index contributed by atoms with van der Waals surface area (Å²) in [7, 11) is 0. The largest absolute Gasteiger partial charge is 0.396 e. The fraction of sp³-hybridized carbons (Fsp3) is 0.768. The van der Waals surface area contributed by atoms with Gasteiger partial charge < -0.3 is 15.9 Å². The van der Waals surface area contributed by atoms with E-state index in [0.29, 0.717) is 12.8 Å². The lowest BCUT2D eigenvalue weighted by Crippen LogP contribution is -2.61. The molecule has 5 heteroatoms. The molecule has 0 spiro atoms. The van der Waals surface area contributed by atoms with Gasteiger partial charge in [0.2, 0.25) is 0 Å². The molecule has 5 nitrogen and oxygen atoms in total. The van der Waals surface area contributed by atoms with Crippen LogP contribution < -0.4 is 5.73 Å². The van der Waals surface area contributed by atoms with Gasteiger partial charge in [-0.15, -0.1) is 0 Å². The first-order valence-corrected chi connectivity index (χ1v) is 26.5. The number of aliphatic hydroxyl groups excluding tert-OH is 2. The predicted octanol–water partition coefficient (Wildman–Crippen LogP) is 16.3. The van der Waals surface area contributed by atoms with Crippen molar-refractivity contribution in [2.75, 3.05) is 26.3 Å². The molecular weight excluding hydrogens is 747 g/mol. The summed E-state index contributed by atoms with van der Waals surface area (Å²) in [6, 6.07) is 18.6. The fourth-order valence-corrected chi connectivity index (χ4v) is 9.29. The van der Waals surface area contributed by atoms with Crippen LogP contribution in [0.3, 0.4) is 0 Å². The minimum Gasteiger partial charge on any atom is -0.396 e. The van der Waals surface area contributed by atoms with Crippen molar-refractivity contribution in [3.8, 4) is 0 Å². The number of unbranched alkanes of at least 4 members (excludes halogenated alkanes) is 30. The van der Waals surface area contributed by atoms with Gasteiger partial charge in [-0.1, -0.05) is 250 Å². The summed E-state index contributed by atoms with van der Waals surface area (Å²) in [5, 5.41) is 22.0. The topological polar surface area (TPSA) is 82.6 Å². The van der Waals surface area contributed by atoms with Crippen LogP contribution in [0.4, 0.5) is 0 Å². The zero-order valence-corrected chi connectivity index (χ0v) is 40.5. The monoisotopic (exact) mass is 846 g/mol. The Labute approximate surface area is 377 Å². The van der Waals surface area contributed by atoms with Gasteiger partial charge in [-0.05, 0) is 56.5 Å². The Kier molecular flexibility index (Phi) is 34.7. The average molecular weight is 846 g/mol. The summed E-state index contributed by atoms with van der Waals surface area (Å²) in [4.78, 5) is 7.07. The standard InChI is InChI=1S/C43H90N2O2.C13H9N/c1-4-6-8-10-12-14-16-18-20-22-24-26-28-30-32-34-38-45(43(44,37-41-47)42(3)36-40-46)39-35-33-31-29-27-25-23-21-19-17-15-13-11-9-7-5-2;1-3-7-12-10(5-1)9-11-6-2-4-8-13(11)14-12/h42,46-47H,4-41,44H2,1-3H3;1-9H. The summed E-state index contributed by atoms with van der Waals surface area (Å²) in [5.74, 6) is 0.168. The first-order valence-electron chi connectivity index (χ1n) is 26.5. The van der Waals surface area contributed by atoms with Gasteiger partial charge in [0.1, 0.15) is 0 Å². The van der Waals surface area contributed by atoms with E-state index in [9.17, 15) is 10.2 Å². The number of benzene rings is 2. The highest BCUT2D eigenvalue weighted by molar-refractivity contribution is 5.92. The van der Waals surface area contributed by atoms with Crippen molar-refractivity contribution in [1.82, 2.24) is 9.88 Å². The summed E-state index contributed by atoms with van der Waals surface area (Å²) >= 11 is 0. The predicted molar refractivity (Wildman–Crippen MR) is 269 cm³/mol. The van der Waals surface area contributed by atoms with Gasteiger partial charge in [-0.2, -0.15) is 0 Å². The van der Waals surface area contributed by atoms with Crippen molar-refractivity contribution in [3.63, 3.8) is 0 Å². The summed E-state index contributed by atoms with van der Waals surface area (Å²) < 4.78 is 0. The van der Waals surface area contributed by atoms with E-state index in [1.54, 1.807) is 0 Å². The Morgan fingerprint density at radius 3 is 1.10 bits per heavy atom. The maximum atomic E-state index is 9.92. The number of nitrogens with zero attached hydrogens (tertiary/aromatic N) is 2. The van der Waals surface area contributed by atoms with E-state index in [2.05, 4.69) is 48.9 Å². The molecule has 0 saturated carbocycles. The molecule has 4 N–H and O–H groups in total. The zero-order chi connectivity index (χ0) is 43.9. The van der Waals surface area contributed by atoms with Crippen LogP contribution in [-0.2, 0) is 0 Å². The molecule has 3 aromatic rings. The van der Waals surface area contributed by atoms with Gasteiger partial charge in [0.15, 0.2) is 0 Å². The summed E-state index contributed by atoms with van der Waals surface area (Å²) in [6.45, 7) is 9.07. The SMILES string of the molecule is CCCCCCCCCCCCCCCCCCN(CCCCCCCCCCCCCCCCCC)C(N)(CCO)C(C)CCO.c1ccc2nc3ccccc3cc2c1. The third-order valence-corrected chi connectivity index (χ3v) is 13.5. The van der Waals surface area contributed by atoms with Crippen LogP contribution in [0.15, 0.2) is 54.6 Å². The second kappa shape index (κ2) is 38.4. The Morgan fingerprint density at radius 1 is 0.475 bits per heavy atom. The number of para-hydroxylation sites is 2. The van der Waals surface area contributed by atoms with Gasteiger partial charge in [-0.3, -0.25) is 4.90 Å². The van der Waals surface area contributed by atoms with Crippen molar-refractivity contribution in [2.45, 2.75) is 245 Å². The number of hydrogen-bond acceptors (Lipinski definition) is 5. The second-order valence-electron chi connectivity index (χ2n) is 18.8. The van der Waals surface area contributed by atoms with Crippen LogP contribution in [0, 0.1) is 5.92 Å². The number of nitrogens with two attached hydrogens (primary N) is 1. The van der Waals surface area contributed by atoms with Crippen molar-refractivity contribution in [1.29, 1.82) is 0 Å². The van der Waals surface area contributed by atoms with E-state index in [1.807, 2.05) is 36.4 Å². The molecule has 0 aliphatic rings. The molecule has 2 aromatic carbocycles. The van der Waals surface area contributed by atoms with E-state index < -0.39 is 5.66 Å². The Morgan fingerprint density at radius 2 is 0.787 bits per heavy atom. The average Bonchev–Trinajstić information content (AvgIpc) is 3.27. The Hall–Kier alpha value is -2.05. The van der Waals surface area contributed by atoms with Crippen LogP contribution in [-0.4, -0.2) is 52.1 Å². The van der Waals surface area contributed by atoms with Crippen molar-refractivity contribution in [3.05, 3.63) is 54.6 Å². The first-order chi connectivity index (χ1) is 30.0. The molecule has 2 atom stereocenters. The van der Waals surface area contributed by atoms with Crippen molar-refractivity contribution in [2.24, 2.45) is 11.7 Å². The second-order valence-corrected chi connectivity index (χ2v) is 18.8. The maximum Gasteiger partial charge on any atom is 0.0736 e. The van der Waals surface area contributed by atoms with E-state index in [0.717, 1.165) is 24.1 Å². The molecule has 0 bridgehead atoms.